The average Bonchev–Trinajstić information content (AvgIpc) is 2.80. The number of carbonyl (C=O) groups is 1. The van der Waals surface area contributed by atoms with E-state index < -0.39 is 35.4 Å². The number of fused-ring (bicyclic) bond motifs is 1. The zero-order valence-electron chi connectivity index (χ0n) is 16.9. The van der Waals surface area contributed by atoms with Crippen molar-refractivity contribution in [1.29, 1.82) is 0 Å². The molecule has 8 nitrogen and oxygen atoms in total. The molecule has 4 rings (SSSR count). The van der Waals surface area contributed by atoms with E-state index in [1.807, 2.05) is 0 Å². The molecule has 0 radical (unpaired) electrons. The second-order valence-electron chi connectivity index (χ2n) is 7.08. The number of benzene rings is 1. The fraction of sp³-hybridized carbons (Fsp3) is 0.136. The molecule has 3 heterocycles. The molecule has 0 saturated heterocycles. The normalized spacial score (nSPS) is 11.5. The predicted molar refractivity (Wildman–Crippen MR) is 114 cm³/mol. The second kappa shape index (κ2) is 8.69. The van der Waals surface area contributed by atoms with Gasteiger partial charge in [-0.15, -0.1) is 0 Å². The molecule has 1 aromatic carbocycles. The van der Waals surface area contributed by atoms with Gasteiger partial charge in [0.25, 0.3) is 5.56 Å². The number of carbonyl (C=O) groups excluding carboxylic acids is 1. The van der Waals surface area contributed by atoms with Gasteiger partial charge in [0.15, 0.2) is 5.52 Å². The van der Waals surface area contributed by atoms with E-state index in [4.69, 9.17) is 0 Å². The predicted octanol–water partition coefficient (Wildman–Crippen LogP) is 2.66. The lowest BCUT2D eigenvalue weighted by atomic mass is 10.2. The van der Waals surface area contributed by atoms with Crippen LogP contribution in [-0.2, 0) is 24.1 Å². The van der Waals surface area contributed by atoms with Crippen molar-refractivity contribution in [3.05, 3.63) is 99.1 Å². The third-order valence-electron chi connectivity index (χ3n) is 4.81. The van der Waals surface area contributed by atoms with Crippen LogP contribution in [0.1, 0.15) is 11.3 Å². The monoisotopic (exact) mass is 455 g/mol. The van der Waals surface area contributed by atoms with E-state index in [0.29, 0.717) is 5.69 Å². The van der Waals surface area contributed by atoms with Crippen LogP contribution in [0.15, 0.2) is 76.6 Å². The molecule has 168 valence electrons. The number of nitrogens with zero attached hydrogens (tertiary/aromatic N) is 4. The van der Waals surface area contributed by atoms with Crippen molar-refractivity contribution >= 4 is 22.6 Å². The van der Waals surface area contributed by atoms with Crippen molar-refractivity contribution in [2.75, 3.05) is 5.32 Å². The zero-order valence-corrected chi connectivity index (χ0v) is 16.9. The van der Waals surface area contributed by atoms with Crippen LogP contribution in [0.5, 0.6) is 0 Å². The van der Waals surface area contributed by atoms with Gasteiger partial charge in [-0.05, 0) is 42.5 Å². The van der Waals surface area contributed by atoms with Crippen LogP contribution in [0.25, 0.3) is 11.0 Å². The molecule has 0 spiro atoms. The molecule has 0 fully saturated rings. The number of alkyl halides is 3. The number of hydrogen-bond acceptors (Lipinski definition) is 5. The van der Waals surface area contributed by atoms with Crippen LogP contribution in [0.2, 0.25) is 0 Å². The largest absolute Gasteiger partial charge is 0.416 e. The number of pyridine rings is 2. The number of rotatable bonds is 5. The lowest BCUT2D eigenvalue weighted by Crippen LogP contribution is -2.42. The molecule has 3 aromatic heterocycles. The summed E-state index contributed by atoms with van der Waals surface area (Å²) in [5.74, 6) is -0.746. The van der Waals surface area contributed by atoms with Gasteiger partial charge in [0.1, 0.15) is 6.54 Å². The number of amides is 1. The summed E-state index contributed by atoms with van der Waals surface area (Å²) in [4.78, 5) is 46.8. The Morgan fingerprint density at radius 1 is 0.939 bits per heavy atom. The van der Waals surface area contributed by atoms with Crippen LogP contribution in [0.3, 0.4) is 0 Å². The third-order valence-corrected chi connectivity index (χ3v) is 4.81. The Kier molecular flexibility index (Phi) is 5.78. The highest BCUT2D eigenvalue weighted by Crippen LogP contribution is 2.30. The van der Waals surface area contributed by atoms with E-state index in [2.05, 4.69) is 15.3 Å². The number of hydrogen-bond donors (Lipinski definition) is 1. The first kappa shape index (κ1) is 21.9. The maximum absolute atomic E-state index is 13.1. The van der Waals surface area contributed by atoms with Gasteiger partial charge in [-0.2, -0.15) is 13.2 Å². The van der Waals surface area contributed by atoms with E-state index in [-0.39, 0.29) is 23.3 Å². The fourth-order valence-corrected chi connectivity index (χ4v) is 3.31. The third kappa shape index (κ3) is 4.66. The summed E-state index contributed by atoms with van der Waals surface area (Å²) in [6.07, 6.45) is -1.67. The first-order valence-electron chi connectivity index (χ1n) is 9.69. The van der Waals surface area contributed by atoms with Gasteiger partial charge in [0, 0.05) is 18.1 Å². The number of nitrogens with one attached hydrogen (secondary N) is 1. The summed E-state index contributed by atoms with van der Waals surface area (Å²) in [5, 5.41) is 2.36. The summed E-state index contributed by atoms with van der Waals surface area (Å²) >= 11 is 0. The lowest BCUT2D eigenvalue weighted by molar-refractivity contribution is -0.137. The average molecular weight is 455 g/mol. The van der Waals surface area contributed by atoms with Crippen molar-refractivity contribution in [3.63, 3.8) is 0 Å². The smallest absolute Gasteiger partial charge is 0.325 e. The first-order valence-corrected chi connectivity index (χ1v) is 9.69. The Labute approximate surface area is 184 Å². The Bertz CT molecular complexity index is 1450. The minimum absolute atomic E-state index is 0.0279. The summed E-state index contributed by atoms with van der Waals surface area (Å²) in [6.45, 7) is -0.681. The zero-order chi connectivity index (χ0) is 23.6. The van der Waals surface area contributed by atoms with Gasteiger partial charge in [-0.1, -0.05) is 12.1 Å². The molecule has 0 aliphatic rings. The lowest BCUT2D eigenvalue weighted by Gasteiger charge is -2.14. The Hall–Kier alpha value is -4.28. The first-order chi connectivity index (χ1) is 15.7. The molecule has 1 amide bonds. The Morgan fingerprint density at radius 2 is 1.73 bits per heavy atom. The van der Waals surface area contributed by atoms with Crippen molar-refractivity contribution in [2.24, 2.45) is 0 Å². The maximum Gasteiger partial charge on any atom is 0.416 e. The molecule has 0 saturated carbocycles. The van der Waals surface area contributed by atoms with Crippen molar-refractivity contribution < 1.29 is 18.0 Å². The van der Waals surface area contributed by atoms with E-state index in [1.54, 1.807) is 18.2 Å². The molecule has 0 aliphatic carbocycles. The van der Waals surface area contributed by atoms with Crippen molar-refractivity contribution in [3.8, 4) is 0 Å². The minimum atomic E-state index is -4.57. The highest BCUT2D eigenvalue weighted by Gasteiger charge is 2.30. The minimum Gasteiger partial charge on any atom is -0.325 e. The Balaban J connectivity index is 1.71. The topological polar surface area (TPSA) is 98.9 Å². The molecule has 0 unspecified atom stereocenters. The van der Waals surface area contributed by atoms with Crippen LogP contribution >= 0.6 is 0 Å². The van der Waals surface area contributed by atoms with Gasteiger partial charge < -0.3 is 5.32 Å². The highest BCUT2D eigenvalue weighted by molar-refractivity contribution is 5.91. The summed E-state index contributed by atoms with van der Waals surface area (Å²) < 4.78 is 40.8. The summed E-state index contributed by atoms with van der Waals surface area (Å²) in [5.41, 5.74) is -1.86. The SMILES string of the molecule is O=C(Cn1c(=O)n(Cc2ccccn2)c(=O)c2ncccc21)Nc1cccc(C(F)(F)F)c1. The van der Waals surface area contributed by atoms with Gasteiger partial charge in [0.2, 0.25) is 5.91 Å². The maximum atomic E-state index is 13.1. The van der Waals surface area contributed by atoms with Crippen LogP contribution in [-0.4, -0.2) is 25.0 Å². The van der Waals surface area contributed by atoms with Gasteiger partial charge in [-0.3, -0.25) is 23.7 Å². The molecular formula is C22H16F3N5O3. The van der Waals surface area contributed by atoms with E-state index in [0.717, 1.165) is 27.3 Å². The molecule has 0 bridgehead atoms. The van der Waals surface area contributed by atoms with Gasteiger partial charge in [-0.25, -0.2) is 9.78 Å². The fourth-order valence-electron chi connectivity index (χ4n) is 3.31. The quantitative estimate of drug-likeness (QED) is 0.499. The molecular weight excluding hydrogens is 439 g/mol. The molecule has 33 heavy (non-hydrogen) atoms. The number of halogens is 3. The molecule has 1 N–H and O–H groups in total. The molecule has 0 atom stereocenters. The van der Waals surface area contributed by atoms with Crippen molar-refractivity contribution in [1.82, 2.24) is 19.1 Å². The second-order valence-corrected chi connectivity index (χ2v) is 7.08. The van der Waals surface area contributed by atoms with E-state index >= 15 is 0 Å². The van der Waals surface area contributed by atoms with E-state index in [1.165, 1.54) is 30.6 Å². The standard InChI is InChI=1S/C22H16F3N5O3/c23-22(24,25)14-5-3-7-15(11-14)28-18(31)13-29-17-8-4-10-27-19(17)20(32)30(21(29)33)12-16-6-1-2-9-26-16/h1-11H,12-13H2,(H,28,31). The van der Waals surface area contributed by atoms with Gasteiger partial charge in [0.05, 0.1) is 23.3 Å². The van der Waals surface area contributed by atoms with E-state index in [9.17, 15) is 27.6 Å². The highest BCUT2D eigenvalue weighted by atomic mass is 19.4. The Morgan fingerprint density at radius 3 is 2.45 bits per heavy atom. The molecule has 11 heteroatoms. The van der Waals surface area contributed by atoms with Crippen molar-refractivity contribution in [2.45, 2.75) is 19.3 Å². The number of anilines is 1. The molecule has 4 aromatic rings. The van der Waals surface area contributed by atoms with Crippen LogP contribution in [0.4, 0.5) is 18.9 Å². The summed E-state index contributed by atoms with van der Waals surface area (Å²) in [7, 11) is 0. The molecule has 0 aliphatic heterocycles. The van der Waals surface area contributed by atoms with Crippen LogP contribution in [0, 0.1) is 0 Å². The number of aromatic nitrogens is 4. The van der Waals surface area contributed by atoms with Gasteiger partial charge >= 0.3 is 11.9 Å². The van der Waals surface area contributed by atoms with Crippen LogP contribution < -0.4 is 16.6 Å². The summed E-state index contributed by atoms with van der Waals surface area (Å²) in [6, 6.07) is 12.1.